The van der Waals surface area contributed by atoms with Gasteiger partial charge in [0.15, 0.2) is 5.82 Å². The molecule has 0 saturated heterocycles. The first-order chi connectivity index (χ1) is 9.49. The van der Waals surface area contributed by atoms with Crippen molar-refractivity contribution in [2.75, 3.05) is 4.90 Å². The van der Waals surface area contributed by atoms with Crippen molar-refractivity contribution < 1.29 is 12.8 Å². The van der Waals surface area contributed by atoms with Gasteiger partial charge in [0.25, 0.3) is 10.0 Å². The molecular formula is C13H10FN3O2S. The van der Waals surface area contributed by atoms with Crippen LogP contribution in [-0.2, 0) is 10.0 Å². The highest BCUT2D eigenvalue weighted by Gasteiger charge is 2.30. The molecule has 1 aliphatic rings. The van der Waals surface area contributed by atoms with Gasteiger partial charge in [0.05, 0.1) is 5.69 Å². The zero-order valence-electron chi connectivity index (χ0n) is 10.5. The number of rotatable bonds is 1. The number of fused-ring (bicyclic) bond motifs is 1. The lowest BCUT2D eigenvalue weighted by Crippen LogP contribution is -2.30. The van der Waals surface area contributed by atoms with Crippen LogP contribution in [0.25, 0.3) is 0 Å². The third-order valence-corrected chi connectivity index (χ3v) is 4.26. The van der Waals surface area contributed by atoms with Gasteiger partial charge < -0.3 is 0 Å². The summed E-state index contributed by atoms with van der Waals surface area (Å²) in [5, 5.41) is 0. The molecule has 1 aromatic heterocycles. The molecule has 0 aliphatic carbocycles. The molecule has 1 aliphatic heterocycles. The van der Waals surface area contributed by atoms with Gasteiger partial charge in [0.2, 0.25) is 0 Å². The van der Waals surface area contributed by atoms with Crippen LogP contribution in [0.1, 0.15) is 6.92 Å². The Hall–Kier alpha value is -2.28. The third-order valence-electron chi connectivity index (χ3n) is 2.88. The first kappa shape index (κ1) is 12.7. The van der Waals surface area contributed by atoms with Gasteiger partial charge in [0.1, 0.15) is 16.5 Å². The summed E-state index contributed by atoms with van der Waals surface area (Å²) in [6.45, 7) is 1.54. The first-order valence-electron chi connectivity index (χ1n) is 5.81. The van der Waals surface area contributed by atoms with Crippen molar-refractivity contribution >= 4 is 27.4 Å². The molecule has 0 saturated carbocycles. The third kappa shape index (κ3) is 1.96. The van der Waals surface area contributed by atoms with Gasteiger partial charge in [-0.15, -0.1) is 4.40 Å². The second-order valence-corrected chi connectivity index (χ2v) is 5.83. The molecular weight excluding hydrogens is 281 g/mol. The van der Waals surface area contributed by atoms with E-state index in [0.717, 1.165) is 0 Å². The maximum absolute atomic E-state index is 13.4. The molecule has 7 heteroatoms. The average molecular weight is 291 g/mol. The Labute approximate surface area is 115 Å². The maximum Gasteiger partial charge on any atom is 0.287 e. The van der Waals surface area contributed by atoms with E-state index in [2.05, 4.69) is 9.38 Å². The minimum Gasteiger partial charge on any atom is -0.281 e. The molecule has 0 atom stereocenters. The Morgan fingerprint density at radius 2 is 2.00 bits per heavy atom. The molecule has 0 unspecified atom stereocenters. The number of hydrogen-bond acceptors (Lipinski definition) is 4. The maximum atomic E-state index is 13.4. The highest BCUT2D eigenvalue weighted by Crippen LogP contribution is 2.34. The summed E-state index contributed by atoms with van der Waals surface area (Å²) in [5.74, 6) is 0.0358. The van der Waals surface area contributed by atoms with Gasteiger partial charge in [-0.25, -0.2) is 9.37 Å². The number of sulfonamides is 1. The van der Waals surface area contributed by atoms with Crippen LogP contribution in [0.3, 0.4) is 0 Å². The lowest BCUT2D eigenvalue weighted by atomic mass is 10.2. The van der Waals surface area contributed by atoms with Crippen LogP contribution < -0.4 is 4.90 Å². The lowest BCUT2D eigenvalue weighted by molar-refractivity contribution is 0.597. The van der Waals surface area contributed by atoms with E-state index >= 15 is 0 Å². The van der Waals surface area contributed by atoms with Crippen LogP contribution in [-0.4, -0.2) is 19.2 Å². The van der Waals surface area contributed by atoms with E-state index in [1.165, 1.54) is 35.4 Å². The van der Waals surface area contributed by atoms with Crippen LogP contribution in [0, 0.1) is 5.82 Å². The van der Waals surface area contributed by atoms with E-state index in [4.69, 9.17) is 0 Å². The summed E-state index contributed by atoms with van der Waals surface area (Å²) in [6.07, 6.45) is 1.49. The van der Waals surface area contributed by atoms with Crippen molar-refractivity contribution in [2.24, 2.45) is 4.40 Å². The van der Waals surface area contributed by atoms with Crippen LogP contribution in [0.5, 0.6) is 0 Å². The minimum absolute atomic E-state index is 0.00913. The summed E-state index contributed by atoms with van der Waals surface area (Å²) in [7, 11) is -3.75. The molecule has 0 amide bonds. The number of benzene rings is 1. The summed E-state index contributed by atoms with van der Waals surface area (Å²) in [6, 6.07) is 8.78. The Balaban J connectivity index is 2.27. The van der Waals surface area contributed by atoms with Crippen molar-refractivity contribution in [3.8, 4) is 0 Å². The monoisotopic (exact) mass is 291 g/mol. The van der Waals surface area contributed by atoms with Gasteiger partial charge in [-0.2, -0.15) is 8.42 Å². The number of aromatic nitrogens is 1. The normalized spacial score (nSPS) is 16.5. The lowest BCUT2D eigenvalue weighted by Gasteiger charge is -2.27. The fourth-order valence-electron chi connectivity index (χ4n) is 2.09. The molecule has 0 bridgehead atoms. The highest BCUT2D eigenvalue weighted by molar-refractivity contribution is 7.90. The molecule has 0 fully saturated rings. The number of amidine groups is 1. The van der Waals surface area contributed by atoms with E-state index in [1.807, 2.05) is 0 Å². The topological polar surface area (TPSA) is 62.6 Å². The van der Waals surface area contributed by atoms with Crippen LogP contribution in [0.4, 0.5) is 15.9 Å². The van der Waals surface area contributed by atoms with E-state index < -0.39 is 15.8 Å². The number of halogens is 1. The quantitative estimate of drug-likeness (QED) is 0.809. The Kier molecular flexibility index (Phi) is 2.79. The zero-order chi connectivity index (χ0) is 14.3. The molecule has 20 heavy (non-hydrogen) atoms. The van der Waals surface area contributed by atoms with Crippen molar-refractivity contribution in [3.05, 3.63) is 48.4 Å². The van der Waals surface area contributed by atoms with Crippen molar-refractivity contribution in [1.29, 1.82) is 0 Å². The summed E-state index contributed by atoms with van der Waals surface area (Å²) in [5.41, 5.74) is 0.473. The summed E-state index contributed by atoms with van der Waals surface area (Å²) in [4.78, 5) is 5.62. The Bertz CT molecular complexity index is 818. The largest absolute Gasteiger partial charge is 0.287 e. The second kappa shape index (κ2) is 4.38. The van der Waals surface area contributed by atoms with Crippen LogP contribution in [0.15, 0.2) is 51.9 Å². The standard InChI is InChI=1S/C13H10FN3O2S/c1-9-16-20(18,19)12-6-3-7-15-13(12)17(9)11-5-2-4-10(14)8-11/h2-8H,1H3. The van der Waals surface area contributed by atoms with Crippen LogP contribution >= 0.6 is 0 Å². The number of pyridine rings is 1. The SMILES string of the molecule is CC1=NS(=O)(=O)c2cccnc2N1c1cccc(F)c1. The van der Waals surface area contributed by atoms with Gasteiger partial charge in [-0.1, -0.05) is 6.07 Å². The number of nitrogens with zero attached hydrogens (tertiary/aromatic N) is 3. The molecule has 0 spiro atoms. The average Bonchev–Trinajstić information content (AvgIpc) is 2.38. The van der Waals surface area contributed by atoms with E-state index in [1.54, 1.807) is 19.1 Å². The van der Waals surface area contributed by atoms with E-state index in [0.29, 0.717) is 5.69 Å². The molecule has 1 aromatic carbocycles. The molecule has 2 heterocycles. The van der Waals surface area contributed by atoms with Gasteiger partial charge in [-0.3, -0.25) is 4.90 Å². The first-order valence-corrected chi connectivity index (χ1v) is 7.25. The fraction of sp³-hybridized carbons (Fsp3) is 0.0769. The fourth-order valence-corrected chi connectivity index (χ4v) is 3.25. The van der Waals surface area contributed by atoms with Gasteiger partial charge >= 0.3 is 0 Å². The molecule has 5 nitrogen and oxygen atoms in total. The Morgan fingerprint density at radius 3 is 2.75 bits per heavy atom. The second-order valence-electron chi connectivity index (χ2n) is 4.25. The van der Waals surface area contributed by atoms with Gasteiger partial charge in [0, 0.05) is 6.20 Å². The molecule has 0 radical (unpaired) electrons. The van der Waals surface area contributed by atoms with E-state index in [-0.39, 0.29) is 16.5 Å². The van der Waals surface area contributed by atoms with Gasteiger partial charge in [-0.05, 0) is 37.3 Å². The van der Waals surface area contributed by atoms with Crippen molar-refractivity contribution in [1.82, 2.24) is 4.98 Å². The predicted molar refractivity (Wildman–Crippen MR) is 73.1 cm³/mol. The molecule has 2 aromatic rings. The number of anilines is 2. The summed E-state index contributed by atoms with van der Waals surface area (Å²) < 4.78 is 41.1. The van der Waals surface area contributed by atoms with Crippen molar-refractivity contribution in [2.45, 2.75) is 11.8 Å². The van der Waals surface area contributed by atoms with Crippen molar-refractivity contribution in [3.63, 3.8) is 0 Å². The number of hydrogen-bond donors (Lipinski definition) is 0. The molecule has 3 rings (SSSR count). The minimum atomic E-state index is -3.75. The van der Waals surface area contributed by atoms with Crippen LogP contribution in [0.2, 0.25) is 0 Å². The summed E-state index contributed by atoms with van der Waals surface area (Å²) >= 11 is 0. The molecule has 102 valence electrons. The highest BCUT2D eigenvalue weighted by atomic mass is 32.2. The molecule has 0 N–H and O–H groups in total. The Morgan fingerprint density at radius 1 is 1.20 bits per heavy atom. The zero-order valence-corrected chi connectivity index (χ0v) is 11.3. The predicted octanol–water partition coefficient (Wildman–Crippen LogP) is 2.48. The van der Waals surface area contributed by atoms with E-state index in [9.17, 15) is 12.8 Å². The smallest absolute Gasteiger partial charge is 0.281 e.